The highest BCUT2D eigenvalue weighted by Crippen LogP contribution is 2.60. The van der Waals surface area contributed by atoms with Gasteiger partial charge < -0.3 is 71.4 Å². The van der Waals surface area contributed by atoms with E-state index >= 15 is 13.6 Å². The molecule has 448 valence electrons. The van der Waals surface area contributed by atoms with Gasteiger partial charge in [0.05, 0.1) is 16.9 Å². The molecule has 0 aromatic heterocycles. The number of carbonyl (C=O) groups is 11. The molecule has 0 fully saturated rings. The lowest BCUT2D eigenvalue weighted by atomic mass is 9.61. The van der Waals surface area contributed by atoms with Gasteiger partial charge in [0, 0.05) is 63.6 Å². The summed E-state index contributed by atoms with van der Waals surface area (Å²) < 4.78 is 101. The van der Waals surface area contributed by atoms with Gasteiger partial charge in [0.1, 0.15) is 50.9 Å². The fourth-order valence-electron chi connectivity index (χ4n) is 8.89. The zero-order valence-electron chi connectivity index (χ0n) is 46.7. The van der Waals surface area contributed by atoms with Gasteiger partial charge in [-0.3, -0.25) is 47.9 Å². The zero-order chi connectivity index (χ0) is 61.8. The largest absolute Gasteiger partial charge is 0.488 e. The summed E-state index contributed by atoms with van der Waals surface area (Å²) in [4.78, 5) is 141. The number of ether oxygens (including phenoxy) is 13. The van der Waals surface area contributed by atoms with Gasteiger partial charge in [-0.25, -0.2) is 13.6 Å². The first-order valence-electron chi connectivity index (χ1n) is 25.1. The van der Waals surface area contributed by atoms with Crippen LogP contribution in [0, 0.1) is 18.6 Å². The van der Waals surface area contributed by atoms with Crippen LogP contribution in [0.25, 0.3) is 0 Å². The van der Waals surface area contributed by atoms with Crippen LogP contribution in [0.3, 0.4) is 0 Å². The van der Waals surface area contributed by atoms with Crippen LogP contribution in [0.5, 0.6) is 23.0 Å². The Kier molecular flexibility index (Phi) is 20.5. The highest BCUT2D eigenvalue weighted by Gasteiger charge is 2.58. The molecule has 0 atom stereocenters. The maximum absolute atomic E-state index is 16.4. The number of benzene rings is 4. The van der Waals surface area contributed by atoms with Gasteiger partial charge in [-0.15, -0.1) is 0 Å². The zero-order valence-corrected chi connectivity index (χ0v) is 46.7. The van der Waals surface area contributed by atoms with Gasteiger partial charge >= 0.3 is 65.7 Å². The van der Waals surface area contributed by atoms with E-state index in [1.54, 1.807) is 26.8 Å². The summed E-state index contributed by atoms with van der Waals surface area (Å²) >= 11 is 0. The van der Waals surface area contributed by atoms with Crippen molar-refractivity contribution in [2.75, 3.05) is 76.4 Å². The summed E-state index contributed by atoms with van der Waals surface area (Å²) in [5.74, 6) is -14.2. The minimum absolute atomic E-state index is 0.0253. The van der Waals surface area contributed by atoms with Crippen LogP contribution in [0.2, 0.25) is 0 Å². The maximum atomic E-state index is 16.4. The lowest BCUT2D eigenvalue weighted by molar-refractivity contribution is -0.167. The molecule has 26 nitrogen and oxygen atoms in total. The van der Waals surface area contributed by atoms with E-state index in [0.29, 0.717) is 5.56 Å². The van der Waals surface area contributed by atoms with Gasteiger partial charge in [-0.05, 0) is 72.1 Å². The minimum atomic E-state index is -2.36. The summed E-state index contributed by atoms with van der Waals surface area (Å²) in [5, 5.41) is 0. The van der Waals surface area contributed by atoms with Crippen molar-refractivity contribution in [1.82, 2.24) is 0 Å². The van der Waals surface area contributed by atoms with Crippen molar-refractivity contribution in [1.29, 1.82) is 0 Å². The van der Waals surface area contributed by atoms with Gasteiger partial charge in [-0.1, -0.05) is 19.9 Å². The van der Waals surface area contributed by atoms with E-state index in [4.69, 9.17) is 61.6 Å². The van der Waals surface area contributed by atoms with Gasteiger partial charge in [0.25, 0.3) is 0 Å². The minimum Gasteiger partial charge on any atom is -0.488 e. The van der Waals surface area contributed by atoms with Crippen molar-refractivity contribution in [2.45, 2.75) is 73.3 Å². The second kappa shape index (κ2) is 27.3. The number of nitrogens with zero attached hydrogens (tertiary/aromatic N) is 2. The van der Waals surface area contributed by atoms with Gasteiger partial charge in [-0.2, -0.15) is 0 Å². The average Bonchev–Trinajstić information content (AvgIpc) is 1.45. The van der Waals surface area contributed by atoms with Crippen molar-refractivity contribution < 1.29 is 123 Å². The van der Waals surface area contributed by atoms with Crippen LogP contribution in [0.4, 0.5) is 20.2 Å². The van der Waals surface area contributed by atoms with Crippen molar-refractivity contribution in [3.05, 3.63) is 105 Å². The number of halogens is 2. The Labute approximate surface area is 476 Å². The molecule has 1 aliphatic heterocycles. The molecule has 0 saturated heterocycles. The number of rotatable bonds is 25. The Hall–Kier alpha value is -9.89. The predicted octanol–water partition coefficient (Wildman–Crippen LogP) is 4.55. The molecule has 6 rings (SSSR count). The lowest BCUT2D eigenvalue weighted by Crippen LogP contribution is -2.42. The average molecular weight is 1180 g/mol. The summed E-state index contributed by atoms with van der Waals surface area (Å²) in [6.45, 7) is 3.74. The van der Waals surface area contributed by atoms with Crippen molar-refractivity contribution >= 4 is 77.0 Å². The highest BCUT2D eigenvalue weighted by molar-refractivity contribution is 6.05. The molecule has 2 aliphatic rings. The topological polar surface area (TPSA) is 314 Å². The number of carbonyl (C=O) groups excluding carboxylic acids is 11. The third-order valence-electron chi connectivity index (χ3n) is 12.3. The van der Waals surface area contributed by atoms with E-state index in [9.17, 15) is 47.9 Å². The molecule has 0 unspecified atom stereocenters. The second-order valence-corrected chi connectivity index (χ2v) is 18.8. The Balaban J connectivity index is 1.51. The molecular formula is C56H56F2N2O24. The van der Waals surface area contributed by atoms with E-state index in [2.05, 4.69) is 0 Å². The molecule has 1 heterocycles. The number of fused-ring (bicyclic) bond motifs is 6. The van der Waals surface area contributed by atoms with Crippen molar-refractivity contribution in [3.8, 4) is 23.0 Å². The molecule has 84 heavy (non-hydrogen) atoms. The third kappa shape index (κ3) is 15.4. The molecule has 1 aliphatic carbocycles. The van der Waals surface area contributed by atoms with Crippen LogP contribution < -0.4 is 28.7 Å². The van der Waals surface area contributed by atoms with E-state index in [0.717, 1.165) is 58.6 Å². The first-order chi connectivity index (χ1) is 39.6. The van der Waals surface area contributed by atoms with Crippen molar-refractivity contribution in [2.24, 2.45) is 0 Å². The van der Waals surface area contributed by atoms with E-state index in [1.165, 1.54) is 41.3 Å². The highest BCUT2D eigenvalue weighted by atomic mass is 19.1. The van der Waals surface area contributed by atoms with Crippen molar-refractivity contribution in [3.63, 3.8) is 0 Å². The SMILES string of the molecule is CC(=O)OCOC(=O)CN(CC(=O)OCOC(C)=O)c1ccc(C)cc1OCCOc1ccc2c(c1N(CC(=O)OCOC(C)=O)CC(=O)OCOC(C)=O)C(=O)OC21c2cc(F)c(OC(C)=O)cc2C(C)(C)c2cc(OC(C)=O)c(F)cc21. The molecular weight excluding hydrogens is 1120 g/mol. The summed E-state index contributed by atoms with van der Waals surface area (Å²) in [5.41, 5.74) is -4.04. The number of anilines is 2. The molecule has 0 N–H and O–H groups in total. The molecule has 0 radical (unpaired) electrons. The normalized spacial score (nSPS) is 12.8. The monoisotopic (exact) mass is 1180 g/mol. The van der Waals surface area contributed by atoms with Crippen LogP contribution in [-0.2, 0) is 102 Å². The number of aryl methyl sites for hydroxylation is 1. The Bertz CT molecular complexity index is 3160. The van der Waals surface area contributed by atoms with Gasteiger partial charge in [0.15, 0.2) is 28.7 Å². The lowest BCUT2D eigenvalue weighted by Gasteiger charge is -2.44. The van der Waals surface area contributed by atoms with E-state index < -0.39 is 178 Å². The first kappa shape index (κ1) is 63.3. The second-order valence-electron chi connectivity index (χ2n) is 18.8. The van der Waals surface area contributed by atoms with E-state index in [1.807, 2.05) is 0 Å². The Morgan fingerprint density at radius 3 is 1.27 bits per heavy atom. The number of hydrogen-bond acceptors (Lipinski definition) is 26. The fourth-order valence-corrected chi connectivity index (χ4v) is 8.89. The van der Waals surface area contributed by atoms with Crippen LogP contribution in [0.15, 0.2) is 54.6 Å². The Morgan fingerprint density at radius 1 is 0.464 bits per heavy atom. The maximum Gasteiger partial charge on any atom is 0.342 e. The predicted molar refractivity (Wildman–Crippen MR) is 277 cm³/mol. The Morgan fingerprint density at radius 2 is 0.869 bits per heavy atom. The molecule has 1 spiro atoms. The molecule has 28 heteroatoms. The fraction of sp³-hybridized carbons (Fsp3) is 0.375. The summed E-state index contributed by atoms with van der Waals surface area (Å²) in [6.07, 6.45) is 0. The van der Waals surface area contributed by atoms with E-state index in [-0.39, 0.29) is 45.0 Å². The third-order valence-corrected chi connectivity index (χ3v) is 12.3. The van der Waals surface area contributed by atoms with Crippen LogP contribution >= 0.6 is 0 Å². The quantitative estimate of drug-likeness (QED) is 0.0289. The summed E-state index contributed by atoms with van der Waals surface area (Å²) in [7, 11) is 0. The van der Waals surface area contributed by atoms with Gasteiger partial charge in [0.2, 0.25) is 27.2 Å². The number of hydrogen-bond donors (Lipinski definition) is 0. The standard InChI is InChI=1S/C56H56F2N2O24/c1-29-10-12-43(59(21-48(67)78-25-74-30(2)61)22-49(68)79-26-75-31(3)62)47(16-29)73-15-14-72-44-13-11-36-52(53(44)60(23-50(69)80-27-76-32(4)63)24-51(70)81-28-77-33(5)64)54(71)84-56(36)39-17-41(57)45(82-34(6)65)19-37(39)55(8,9)38-20-46(83-35(7)66)42(58)18-40(38)56/h10-13,16-20H,14-15,21-28H2,1-9H3. The molecule has 0 amide bonds. The molecule has 0 saturated carbocycles. The molecule has 4 aromatic rings. The smallest absolute Gasteiger partial charge is 0.342 e. The van der Waals surface area contributed by atoms with Crippen LogP contribution in [0.1, 0.15) is 99.1 Å². The molecule has 0 bridgehead atoms. The summed E-state index contributed by atoms with van der Waals surface area (Å²) in [6, 6.07) is 11.4. The number of esters is 11. The first-order valence-corrected chi connectivity index (χ1v) is 25.1. The molecule has 4 aromatic carbocycles. The van der Waals surface area contributed by atoms with Crippen LogP contribution in [-0.4, -0.2) is 132 Å².